The second kappa shape index (κ2) is 15.1. The maximum Gasteiger partial charge on any atom is 0.223 e. The molecule has 1 aromatic rings. The fourth-order valence-corrected chi connectivity index (χ4v) is 5.28. The van der Waals surface area contributed by atoms with Gasteiger partial charge in [-0.3, -0.25) is 14.4 Å². The third-order valence-corrected chi connectivity index (χ3v) is 7.81. The van der Waals surface area contributed by atoms with E-state index in [0.29, 0.717) is 25.8 Å². The van der Waals surface area contributed by atoms with Crippen LogP contribution in [0.5, 0.6) is 0 Å². The Morgan fingerprint density at radius 1 is 1.11 bits per heavy atom. The summed E-state index contributed by atoms with van der Waals surface area (Å²) in [5.74, 6) is -0.417. The minimum absolute atomic E-state index is 0.0236. The molecule has 2 rings (SSSR count). The van der Waals surface area contributed by atoms with Crippen molar-refractivity contribution in [3.8, 4) is 0 Å². The number of carbonyl (C=O) groups is 3. The van der Waals surface area contributed by atoms with Gasteiger partial charge in [-0.15, -0.1) is 0 Å². The van der Waals surface area contributed by atoms with Gasteiger partial charge in [0.1, 0.15) is 0 Å². The molecular formula is C30H49N3O4. The fraction of sp³-hybridized carbons (Fsp3) is 0.700. The van der Waals surface area contributed by atoms with Crippen molar-refractivity contribution in [3.05, 3.63) is 35.9 Å². The van der Waals surface area contributed by atoms with Gasteiger partial charge in [0.15, 0.2) is 0 Å². The first-order valence-corrected chi connectivity index (χ1v) is 14.2. The van der Waals surface area contributed by atoms with E-state index in [-0.39, 0.29) is 47.4 Å². The smallest absolute Gasteiger partial charge is 0.223 e. The first kappa shape index (κ1) is 30.8. The average Bonchev–Trinajstić information content (AvgIpc) is 2.88. The SMILES string of the molecule is CCCCNC(=O)[C@H](C)C[C@H](O)C(Cc1ccccc1)NC(=O)[C@H]1CCC[C@H](C(C)(C)NC(=O)CC)C1. The van der Waals surface area contributed by atoms with Crippen LogP contribution in [-0.2, 0) is 20.8 Å². The van der Waals surface area contributed by atoms with E-state index in [0.717, 1.165) is 37.7 Å². The number of unbranched alkanes of at least 4 members (excludes halogenated alkanes) is 1. The fourth-order valence-electron chi connectivity index (χ4n) is 5.28. The van der Waals surface area contributed by atoms with Crippen LogP contribution in [0.15, 0.2) is 30.3 Å². The largest absolute Gasteiger partial charge is 0.391 e. The zero-order chi connectivity index (χ0) is 27.4. The van der Waals surface area contributed by atoms with Crippen LogP contribution in [0.4, 0.5) is 0 Å². The van der Waals surface area contributed by atoms with Crippen molar-refractivity contribution in [1.29, 1.82) is 0 Å². The van der Waals surface area contributed by atoms with Crippen LogP contribution in [0.2, 0.25) is 0 Å². The van der Waals surface area contributed by atoms with Gasteiger partial charge >= 0.3 is 0 Å². The summed E-state index contributed by atoms with van der Waals surface area (Å²) in [7, 11) is 0. The van der Waals surface area contributed by atoms with Crippen LogP contribution in [-0.4, -0.2) is 47.1 Å². The maximum absolute atomic E-state index is 13.5. The summed E-state index contributed by atoms with van der Waals surface area (Å²) in [5, 5.41) is 20.4. The van der Waals surface area contributed by atoms with E-state index in [1.165, 1.54) is 0 Å². The van der Waals surface area contributed by atoms with Gasteiger partial charge in [0.25, 0.3) is 0 Å². The third-order valence-electron chi connectivity index (χ3n) is 7.81. The van der Waals surface area contributed by atoms with Crippen molar-refractivity contribution in [1.82, 2.24) is 16.0 Å². The number of hydrogen-bond acceptors (Lipinski definition) is 4. The Kier molecular flexibility index (Phi) is 12.6. The number of aliphatic hydroxyl groups is 1. The predicted octanol–water partition coefficient (Wildman–Crippen LogP) is 4.13. The highest BCUT2D eigenvalue weighted by atomic mass is 16.3. The molecule has 7 nitrogen and oxygen atoms in total. The van der Waals surface area contributed by atoms with Crippen LogP contribution < -0.4 is 16.0 Å². The maximum atomic E-state index is 13.5. The number of hydrogen-bond donors (Lipinski definition) is 4. The molecule has 3 amide bonds. The Balaban J connectivity index is 2.08. The molecule has 0 aromatic heterocycles. The normalized spacial score (nSPS) is 20.4. The topological polar surface area (TPSA) is 108 Å². The van der Waals surface area contributed by atoms with Gasteiger partial charge in [-0.25, -0.2) is 0 Å². The molecule has 1 fully saturated rings. The molecule has 0 radical (unpaired) electrons. The lowest BCUT2D eigenvalue weighted by atomic mass is 9.72. The zero-order valence-electron chi connectivity index (χ0n) is 23.5. The van der Waals surface area contributed by atoms with Crippen LogP contribution >= 0.6 is 0 Å². The van der Waals surface area contributed by atoms with Crippen LogP contribution in [0.3, 0.4) is 0 Å². The number of benzene rings is 1. The number of nitrogens with one attached hydrogen (secondary N) is 3. The lowest BCUT2D eigenvalue weighted by molar-refractivity contribution is -0.128. The molecule has 1 unspecified atom stereocenters. The van der Waals surface area contributed by atoms with Crippen molar-refractivity contribution >= 4 is 17.7 Å². The van der Waals surface area contributed by atoms with Gasteiger partial charge in [-0.1, -0.05) is 63.9 Å². The van der Waals surface area contributed by atoms with Crippen molar-refractivity contribution in [2.45, 2.75) is 110 Å². The summed E-state index contributed by atoms with van der Waals surface area (Å²) in [4.78, 5) is 38.0. The van der Waals surface area contributed by atoms with Gasteiger partial charge < -0.3 is 21.1 Å². The highest BCUT2D eigenvalue weighted by Crippen LogP contribution is 2.36. The highest BCUT2D eigenvalue weighted by molar-refractivity contribution is 5.80. The number of carbonyl (C=O) groups excluding carboxylic acids is 3. The van der Waals surface area contributed by atoms with E-state index in [1.807, 2.05) is 58.0 Å². The Morgan fingerprint density at radius 3 is 2.46 bits per heavy atom. The van der Waals surface area contributed by atoms with Gasteiger partial charge in [0.05, 0.1) is 12.1 Å². The van der Waals surface area contributed by atoms with E-state index in [4.69, 9.17) is 0 Å². The first-order chi connectivity index (χ1) is 17.6. The summed E-state index contributed by atoms with van der Waals surface area (Å²) < 4.78 is 0. The van der Waals surface area contributed by atoms with Crippen molar-refractivity contribution in [2.75, 3.05) is 6.54 Å². The molecule has 0 aliphatic heterocycles. The highest BCUT2D eigenvalue weighted by Gasteiger charge is 2.38. The molecule has 1 saturated carbocycles. The summed E-state index contributed by atoms with van der Waals surface area (Å²) in [6, 6.07) is 9.32. The molecule has 4 N–H and O–H groups in total. The molecule has 1 aromatic carbocycles. The average molecular weight is 516 g/mol. The molecule has 0 bridgehead atoms. The lowest BCUT2D eigenvalue weighted by Crippen LogP contribution is -2.52. The van der Waals surface area contributed by atoms with Gasteiger partial charge in [-0.2, -0.15) is 0 Å². The molecule has 7 heteroatoms. The van der Waals surface area contributed by atoms with Gasteiger partial charge in [0, 0.05) is 30.3 Å². The van der Waals surface area contributed by atoms with Crippen LogP contribution in [0, 0.1) is 17.8 Å². The van der Waals surface area contributed by atoms with E-state index >= 15 is 0 Å². The van der Waals surface area contributed by atoms with Crippen LogP contribution in [0.1, 0.15) is 91.5 Å². The molecular weight excluding hydrogens is 466 g/mol. The second-order valence-corrected chi connectivity index (χ2v) is 11.3. The number of aliphatic hydroxyl groups excluding tert-OH is 1. The standard InChI is InChI=1S/C30H49N3O4/c1-6-8-17-31-28(36)21(3)18-26(34)25(19-22-13-10-9-11-14-22)32-29(37)23-15-12-16-24(20-23)30(4,5)33-27(35)7-2/h9-11,13-14,21,23-26,34H,6-8,12,15-20H2,1-5H3,(H,31,36)(H,32,37)(H,33,35)/t21-,23+,24+,25?,26+/m1/s1. The quantitative estimate of drug-likeness (QED) is 0.280. The Morgan fingerprint density at radius 2 is 1.81 bits per heavy atom. The minimum atomic E-state index is -0.851. The molecule has 1 aliphatic rings. The van der Waals surface area contributed by atoms with Crippen LogP contribution in [0.25, 0.3) is 0 Å². The minimum Gasteiger partial charge on any atom is -0.391 e. The van der Waals surface area contributed by atoms with Gasteiger partial charge in [0.2, 0.25) is 17.7 Å². The van der Waals surface area contributed by atoms with E-state index in [1.54, 1.807) is 0 Å². The third kappa shape index (κ3) is 10.1. The Hall–Kier alpha value is -2.41. The molecule has 0 heterocycles. The van der Waals surface area contributed by atoms with E-state index < -0.39 is 12.1 Å². The molecule has 208 valence electrons. The second-order valence-electron chi connectivity index (χ2n) is 11.3. The Labute approximate surface area is 223 Å². The first-order valence-electron chi connectivity index (χ1n) is 14.2. The Bertz CT molecular complexity index is 858. The van der Waals surface area contributed by atoms with Crippen molar-refractivity contribution in [3.63, 3.8) is 0 Å². The monoisotopic (exact) mass is 515 g/mol. The lowest BCUT2D eigenvalue weighted by Gasteiger charge is -2.40. The van der Waals surface area contributed by atoms with Gasteiger partial charge in [-0.05, 0) is 63.9 Å². The number of rotatable bonds is 14. The summed E-state index contributed by atoms with van der Waals surface area (Å²) in [5.41, 5.74) is 0.645. The molecule has 0 saturated heterocycles. The summed E-state index contributed by atoms with van der Waals surface area (Å²) in [6.07, 6.45) is 5.69. The zero-order valence-corrected chi connectivity index (χ0v) is 23.5. The molecule has 1 aliphatic carbocycles. The summed E-state index contributed by atoms with van der Waals surface area (Å²) in [6.45, 7) is 10.5. The van der Waals surface area contributed by atoms with Crippen molar-refractivity contribution < 1.29 is 19.5 Å². The number of amides is 3. The molecule has 5 atom stereocenters. The van der Waals surface area contributed by atoms with E-state index in [9.17, 15) is 19.5 Å². The molecule has 37 heavy (non-hydrogen) atoms. The predicted molar refractivity (Wildman–Crippen MR) is 148 cm³/mol. The van der Waals surface area contributed by atoms with Crippen molar-refractivity contribution in [2.24, 2.45) is 17.8 Å². The van der Waals surface area contributed by atoms with E-state index in [2.05, 4.69) is 22.9 Å². The summed E-state index contributed by atoms with van der Waals surface area (Å²) >= 11 is 0. The molecule has 0 spiro atoms.